The minimum absolute atomic E-state index is 0.169. The molecule has 2 rings (SSSR count). The van der Waals surface area contributed by atoms with Crippen LogP contribution in [0.25, 0.3) is 6.08 Å². The van der Waals surface area contributed by atoms with E-state index in [0.29, 0.717) is 18.1 Å². The third kappa shape index (κ3) is 4.10. The van der Waals surface area contributed by atoms with Gasteiger partial charge in [0, 0.05) is 5.70 Å². The molecule has 0 aliphatic carbocycles. The van der Waals surface area contributed by atoms with Crippen molar-refractivity contribution < 1.29 is 14.2 Å². The number of aliphatic hydroxyl groups is 1. The lowest BCUT2D eigenvalue weighted by atomic mass is 10.2. The molecule has 2 aromatic rings. The topological polar surface area (TPSA) is 55.5 Å². The predicted molar refractivity (Wildman–Crippen MR) is 76.4 cm³/mol. The Morgan fingerprint density at radius 2 is 1.95 bits per heavy atom. The summed E-state index contributed by atoms with van der Waals surface area (Å²) in [5, 5.41) is 8.83. The van der Waals surface area contributed by atoms with Crippen LogP contribution in [0.4, 0.5) is 4.39 Å². The van der Waals surface area contributed by atoms with E-state index in [4.69, 9.17) is 15.6 Å². The van der Waals surface area contributed by atoms with Crippen LogP contribution >= 0.6 is 0 Å². The minimum atomic E-state index is -0.272. The molecule has 0 saturated carbocycles. The summed E-state index contributed by atoms with van der Waals surface area (Å²) < 4.78 is 18.6. The first-order chi connectivity index (χ1) is 9.67. The molecule has 104 valence electrons. The van der Waals surface area contributed by atoms with E-state index in [0.717, 1.165) is 11.1 Å². The van der Waals surface area contributed by atoms with E-state index in [1.807, 2.05) is 18.2 Å². The number of hydrogen-bond donors (Lipinski definition) is 2. The predicted octanol–water partition coefficient (Wildman–Crippen LogP) is 2.70. The summed E-state index contributed by atoms with van der Waals surface area (Å²) in [6.07, 6.45) is 1.69. The summed E-state index contributed by atoms with van der Waals surface area (Å²) in [5.74, 6) is 0.417. The molecule has 0 amide bonds. The van der Waals surface area contributed by atoms with Crippen LogP contribution in [0, 0.1) is 5.82 Å². The first-order valence-corrected chi connectivity index (χ1v) is 6.21. The van der Waals surface area contributed by atoms with E-state index in [9.17, 15) is 4.39 Å². The van der Waals surface area contributed by atoms with Crippen LogP contribution in [0.15, 0.2) is 54.2 Å². The zero-order valence-corrected chi connectivity index (χ0v) is 10.9. The second-order valence-corrected chi connectivity index (χ2v) is 4.36. The van der Waals surface area contributed by atoms with Gasteiger partial charge in [0.15, 0.2) is 0 Å². The molecule has 0 bridgehead atoms. The van der Waals surface area contributed by atoms with Crippen molar-refractivity contribution in [3.8, 4) is 5.75 Å². The molecule has 0 unspecified atom stereocenters. The molecule has 3 nitrogen and oxygen atoms in total. The van der Waals surface area contributed by atoms with Crippen molar-refractivity contribution in [1.82, 2.24) is 0 Å². The Morgan fingerprint density at radius 1 is 1.20 bits per heavy atom. The normalized spacial score (nSPS) is 11.4. The van der Waals surface area contributed by atoms with Gasteiger partial charge in [-0.2, -0.15) is 0 Å². The van der Waals surface area contributed by atoms with Crippen molar-refractivity contribution in [1.29, 1.82) is 0 Å². The van der Waals surface area contributed by atoms with Gasteiger partial charge in [0.25, 0.3) is 0 Å². The van der Waals surface area contributed by atoms with Crippen LogP contribution in [0.3, 0.4) is 0 Å². The van der Waals surface area contributed by atoms with Crippen LogP contribution < -0.4 is 10.5 Å². The maximum atomic E-state index is 13.0. The average molecular weight is 273 g/mol. The molecule has 0 radical (unpaired) electrons. The number of rotatable bonds is 5. The van der Waals surface area contributed by atoms with Gasteiger partial charge in [-0.3, -0.25) is 0 Å². The van der Waals surface area contributed by atoms with Gasteiger partial charge in [0.05, 0.1) is 6.61 Å². The van der Waals surface area contributed by atoms with E-state index in [-0.39, 0.29) is 12.4 Å². The average Bonchev–Trinajstić information content (AvgIpc) is 2.46. The number of benzene rings is 2. The highest BCUT2D eigenvalue weighted by Crippen LogP contribution is 2.15. The monoisotopic (exact) mass is 273 g/mol. The number of ether oxygens (including phenoxy) is 1. The molecule has 0 aliphatic rings. The molecular weight excluding hydrogens is 257 g/mol. The zero-order chi connectivity index (χ0) is 14.4. The van der Waals surface area contributed by atoms with E-state index in [2.05, 4.69) is 0 Å². The third-order valence-electron chi connectivity index (χ3n) is 2.71. The summed E-state index contributed by atoms with van der Waals surface area (Å²) in [7, 11) is 0. The lowest BCUT2D eigenvalue weighted by Gasteiger charge is -2.07. The van der Waals surface area contributed by atoms with Crippen molar-refractivity contribution in [2.45, 2.75) is 6.61 Å². The van der Waals surface area contributed by atoms with E-state index < -0.39 is 0 Å². The number of nitrogens with two attached hydrogens (primary N) is 1. The third-order valence-corrected chi connectivity index (χ3v) is 2.71. The van der Waals surface area contributed by atoms with Crippen molar-refractivity contribution in [3.05, 3.63) is 71.2 Å². The molecule has 0 spiro atoms. The van der Waals surface area contributed by atoms with Gasteiger partial charge in [-0.25, -0.2) is 4.39 Å². The fourth-order valence-electron chi connectivity index (χ4n) is 1.71. The first-order valence-electron chi connectivity index (χ1n) is 6.21. The molecule has 3 N–H and O–H groups in total. The Kier molecular flexibility index (Phi) is 4.74. The molecule has 0 fully saturated rings. The van der Waals surface area contributed by atoms with Gasteiger partial charge in [-0.15, -0.1) is 0 Å². The first kappa shape index (κ1) is 14.1. The van der Waals surface area contributed by atoms with Crippen LogP contribution in [0.5, 0.6) is 5.75 Å². The van der Waals surface area contributed by atoms with E-state index >= 15 is 0 Å². The largest absolute Gasteiger partial charge is 0.489 e. The van der Waals surface area contributed by atoms with Crippen molar-refractivity contribution >= 4 is 6.08 Å². The molecule has 2 aromatic carbocycles. The molecule has 4 heteroatoms. The van der Waals surface area contributed by atoms with Gasteiger partial charge < -0.3 is 15.6 Å². The summed E-state index contributed by atoms with van der Waals surface area (Å²) in [6.45, 7) is 0.142. The molecular formula is C16H16FNO2. The highest BCUT2D eigenvalue weighted by Gasteiger charge is 1.98. The van der Waals surface area contributed by atoms with Gasteiger partial charge in [-0.05, 0) is 41.5 Å². The maximum absolute atomic E-state index is 13.0. The Bertz CT molecular complexity index is 594. The highest BCUT2D eigenvalue weighted by atomic mass is 19.1. The van der Waals surface area contributed by atoms with Gasteiger partial charge >= 0.3 is 0 Å². The minimum Gasteiger partial charge on any atom is -0.489 e. The van der Waals surface area contributed by atoms with E-state index in [1.54, 1.807) is 24.3 Å². The van der Waals surface area contributed by atoms with E-state index in [1.165, 1.54) is 12.1 Å². The fraction of sp³-hybridized carbons (Fsp3) is 0.125. The molecule has 0 aliphatic heterocycles. The number of hydrogen-bond acceptors (Lipinski definition) is 3. The summed E-state index contributed by atoms with van der Waals surface area (Å²) in [4.78, 5) is 0. The highest BCUT2D eigenvalue weighted by molar-refractivity contribution is 5.53. The lowest BCUT2D eigenvalue weighted by Crippen LogP contribution is -2.01. The van der Waals surface area contributed by atoms with Crippen LogP contribution in [-0.2, 0) is 6.61 Å². The quantitative estimate of drug-likeness (QED) is 0.880. The lowest BCUT2D eigenvalue weighted by molar-refractivity contribution is 0.305. The maximum Gasteiger partial charge on any atom is 0.123 e. The standard InChI is InChI=1S/C16H16FNO2/c17-14-3-1-2-13(8-14)11-20-16-6-4-12(5-7-16)9-15(18)10-19/h1-9,19H,10-11,18H2/b15-9+. The van der Waals surface area contributed by atoms with Crippen molar-refractivity contribution in [2.24, 2.45) is 5.73 Å². The van der Waals surface area contributed by atoms with Gasteiger partial charge in [0.1, 0.15) is 18.2 Å². The Hall–Kier alpha value is -2.33. The van der Waals surface area contributed by atoms with Crippen molar-refractivity contribution in [3.63, 3.8) is 0 Å². The summed E-state index contributed by atoms with van der Waals surface area (Å²) >= 11 is 0. The molecule has 20 heavy (non-hydrogen) atoms. The Balaban J connectivity index is 1.97. The number of aliphatic hydroxyl groups excluding tert-OH is 1. The zero-order valence-electron chi connectivity index (χ0n) is 10.9. The second-order valence-electron chi connectivity index (χ2n) is 4.36. The molecule has 0 atom stereocenters. The number of halogens is 1. The molecule has 0 aromatic heterocycles. The Labute approximate surface area is 117 Å². The van der Waals surface area contributed by atoms with Crippen LogP contribution in [0.1, 0.15) is 11.1 Å². The summed E-state index contributed by atoms with van der Waals surface area (Å²) in [6, 6.07) is 13.6. The second kappa shape index (κ2) is 6.73. The van der Waals surface area contributed by atoms with Crippen LogP contribution in [0.2, 0.25) is 0 Å². The van der Waals surface area contributed by atoms with Gasteiger partial charge in [-0.1, -0.05) is 24.3 Å². The SMILES string of the molecule is N/C(=C/c1ccc(OCc2cccc(F)c2)cc1)CO. The molecule has 0 saturated heterocycles. The van der Waals surface area contributed by atoms with Crippen LogP contribution in [-0.4, -0.2) is 11.7 Å². The Morgan fingerprint density at radius 3 is 2.60 bits per heavy atom. The fourth-order valence-corrected chi connectivity index (χ4v) is 1.71. The van der Waals surface area contributed by atoms with Gasteiger partial charge in [0.2, 0.25) is 0 Å². The van der Waals surface area contributed by atoms with Crippen molar-refractivity contribution in [2.75, 3.05) is 6.61 Å². The summed E-state index contributed by atoms with van der Waals surface area (Å²) in [5.41, 5.74) is 7.60. The smallest absolute Gasteiger partial charge is 0.123 e. The molecule has 0 heterocycles.